The van der Waals surface area contributed by atoms with Crippen molar-refractivity contribution in [3.8, 4) is 17.2 Å². The van der Waals surface area contributed by atoms with Gasteiger partial charge >= 0.3 is 5.97 Å². The third-order valence-electron chi connectivity index (χ3n) is 4.23. The zero-order valence-electron chi connectivity index (χ0n) is 16.5. The van der Waals surface area contributed by atoms with E-state index in [1.54, 1.807) is 0 Å². The van der Waals surface area contributed by atoms with Crippen LogP contribution in [0.25, 0.3) is 0 Å². The van der Waals surface area contributed by atoms with Crippen molar-refractivity contribution in [1.82, 2.24) is 5.32 Å². The molecule has 0 fully saturated rings. The van der Waals surface area contributed by atoms with E-state index in [1.807, 2.05) is 37.3 Å². The minimum atomic E-state index is -0.691. The topological polar surface area (TPSA) is 83.1 Å². The van der Waals surface area contributed by atoms with Crippen LogP contribution >= 0.6 is 0 Å². The quantitative estimate of drug-likeness (QED) is 0.666. The van der Waals surface area contributed by atoms with E-state index in [2.05, 4.69) is 5.32 Å². The molecule has 0 radical (unpaired) electrons. The van der Waals surface area contributed by atoms with Crippen LogP contribution in [0.2, 0.25) is 0 Å². The van der Waals surface area contributed by atoms with E-state index in [1.165, 1.54) is 33.5 Å². The molecule has 0 unspecified atom stereocenters. The Morgan fingerprint density at radius 1 is 0.929 bits per heavy atom. The lowest BCUT2D eigenvalue weighted by molar-refractivity contribution is -0.124. The molecule has 0 bridgehead atoms. The number of benzene rings is 2. The van der Waals surface area contributed by atoms with Gasteiger partial charge in [-0.3, -0.25) is 4.79 Å². The molecule has 2 aromatic rings. The molecule has 0 heterocycles. The lowest BCUT2D eigenvalue weighted by atomic mass is 10.0. The number of hydrogen-bond donors (Lipinski definition) is 1. The van der Waals surface area contributed by atoms with Gasteiger partial charge in [0.1, 0.15) is 11.3 Å². The van der Waals surface area contributed by atoms with Gasteiger partial charge in [-0.2, -0.15) is 0 Å². The molecule has 7 nitrogen and oxygen atoms in total. The molecule has 0 aromatic heterocycles. The normalized spacial score (nSPS) is 11.3. The van der Waals surface area contributed by atoms with Crippen molar-refractivity contribution >= 4 is 11.9 Å². The lowest BCUT2D eigenvalue weighted by Gasteiger charge is -2.14. The van der Waals surface area contributed by atoms with Crippen molar-refractivity contribution < 1.29 is 28.5 Å². The highest BCUT2D eigenvalue weighted by Crippen LogP contribution is 2.34. The largest absolute Gasteiger partial charge is 0.496 e. The zero-order chi connectivity index (χ0) is 20.5. The summed E-state index contributed by atoms with van der Waals surface area (Å²) in [6.07, 6.45) is 0. The maximum Gasteiger partial charge on any atom is 0.342 e. The highest BCUT2D eigenvalue weighted by molar-refractivity contribution is 5.95. The lowest BCUT2D eigenvalue weighted by Crippen LogP contribution is -2.31. The van der Waals surface area contributed by atoms with Crippen LogP contribution in [0.5, 0.6) is 17.2 Å². The van der Waals surface area contributed by atoms with Gasteiger partial charge in [0.15, 0.2) is 18.1 Å². The van der Waals surface area contributed by atoms with Crippen LogP contribution in [0.4, 0.5) is 0 Å². The molecular formula is C21H25NO6. The van der Waals surface area contributed by atoms with Gasteiger partial charge in [-0.15, -0.1) is 0 Å². The highest BCUT2D eigenvalue weighted by Gasteiger charge is 2.20. The van der Waals surface area contributed by atoms with Crippen LogP contribution < -0.4 is 19.5 Å². The summed E-state index contributed by atoms with van der Waals surface area (Å²) in [6, 6.07) is 12.8. The second-order valence-corrected chi connectivity index (χ2v) is 6.10. The minimum absolute atomic E-state index is 0.144. The number of carbonyl (C=O) groups excluding carboxylic acids is 2. The molecule has 1 N–H and O–H groups in total. The molecule has 150 valence electrons. The van der Waals surface area contributed by atoms with Gasteiger partial charge in [0, 0.05) is 18.7 Å². The van der Waals surface area contributed by atoms with Gasteiger partial charge in [0.05, 0.1) is 21.3 Å². The molecule has 28 heavy (non-hydrogen) atoms. The molecule has 2 aromatic carbocycles. The highest BCUT2D eigenvalue weighted by atomic mass is 16.5. The fraction of sp³-hybridized carbons (Fsp3) is 0.333. The number of esters is 1. The maximum absolute atomic E-state index is 12.4. The first-order valence-corrected chi connectivity index (χ1v) is 8.78. The molecule has 0 spiro atoms. The molecular weight excluding hydrogens is 362 g/mol. The number of hydrogen-bond acceptors (Lipinski definition) is 6. The van der Waals surface area contributed by atoms with Gasteiger partial charge in [0.25, 0.3) is 5.91 Å². The van der Waals surface area contributed by atoms with Gasteiger partial charge in [0.2, 0.25) is 0 Å². The number of rotatable bonds is 9. The van der Waals surface area contributed by atoms with Crippen molar-refractivity contribution in [2.75, 3.05) is 34.5 Å². The van der Waals surface area contributed by atoms with Crippen LogP contribution in [0.3, 0.4) is 0 Å². The van der Waals surface area contributed by atoms with Crippen LogP contribution in [-0.2, 0) is 9.53 Å². The van der Waals surface area contributed by atoms with E-state index >= 15 is 0 Å². The predicted molar refractivity (Wildman–Crippen MR) is 104 cm³/mol. The Labute approximate surface area is 164 Å². The Balaban J connectivity index is 1.93. The second-order valence-electron chi connectivity index (χ2n) is 6.10. The summed E-state index contributed by atoms with van der Waals surface area (Å²) in [7, 11) is 4.37. The smallest absolute Gasteiger partial charge is 0.342 e. The Bertz CT molecular complexity index is 806. The first-order chi connectivity index (χ1) is 13.5. The van der Waals surface area contributed by atoms with E-state index in [-0.39, 0.29) is 23.1 Å². The molecule has 0 aliphatic carbocycles. The van der Waals surface area contributed by atoms with Crippen molar-refractivity contribution in [3.05, 3.63) is 53.6 Å². The van der Waals surface area contributed by atoms with Crippen molar-refractivity contribution in [3.63, 3.8) is 0 Å². The fourth-order valence-electron chi connectivity index (χ4n) is 2.61. The number of carbonyl (C=O) groups is 2. The monoisotopic (exact) mass is 387 g/mol. The Kier molecular flexibility index (Phi) is 7.68. The Morgan fingerprint density at radius 2 is 1.54 bits per heavy atom. The summed E-state index contributed by atoms with van der Waals surface area (Å²) in [5, 5.41) is 2.77. The summed E-state index contributed by atoms with van der Waals surface area (Å²) in [4.78, 5) is 24.4. The Hall–Kier alpha value is -3.22. The summed E-state index contributed by atoms with van der Waals surface area (Å²) in [5.74, 6) is 0.118. The van der Waals surface area contributed by atoms with Gasteiger partial charge in [-0.25, -0.2) is 4.79 Å². The van der Waals surface area contributed by atoms with E-state index in [9.17, 15) is 9.59 Å². The molecule has 0 saturated carbocycles. The van der Waals surface area contributed by atoms with Crippen LogP contribution in [0, 0.1) is 0 Å². The standard InChI is InChI=1S/C21H25NO6/c1-14(15-8-6-5-7-9-15)12-22-20(23)13-28-21(24)16-10-18(26-3)19(27-4)11-17(16)25-2/h5-11,14H,12-13H2,1-4H3,(H,22,23)/t14-/m1/s1. The summed E-state index contributed by atoms with van der Waals surface area (Å²) >= 11 is 0. The maximum atomic E-state index is 12.4. The van der Waals surface area contributed by atoms with Crippen LogP contribution in [0.15, 0.2) is 42.5 Å². The third kappa shape index (κ3) is 5.39. The van der Waals surface area contributed by atoms with Gasteiger partial charge in [-0.05, 0) is 11.5 Å². The molecule has 2 rings (SSSR count). The second kappa shape index (κ2) is 10.2. The van der Waals surface area contributed by atoms with E-state index in [4.69, 9.17) is 18.9 Å². The summed E-state index contributed by atoms with van der Waals surface area (Å²) < 4.78 is 20.7. The van der Waals surface area contributed by atoms with Crippen LogP contribution in [-0.4, -0.2) is 46.4 Å². The molecule has 0 aliphatic heterocycles. The van der Waals surface area contributed by atoms with Crippen molar-refractivity contribution in [2.24, 2.45) is 0 Å². The van der Waals surface area contributed by atoms with E-state index in [0.29, 0.717) is 18.0 Å². The fourth-order valence-corrected chi connectivity index (χ4v) is 2.61. The zero-order valence-corrected chi connectivity index (χ0v) is 16.5. The minimum Gasteiger partial charge on any atom is -0.496 e. The SMILES string of the molecule is COc1cc(OC)c(C(=O)OCC(=O)NC[C@@H](C)c2ccccc2)cc1OC. The molecule has 1 atom stereocenters. The average molecular weight is 387 g/mol. The summed E-state index contributed by atoms with van der Waals surface area (Å²) in [5.41, 5.74) is 1.26. The number of methoxy groups -OCH3 is 3. The molecule has 1 amide bonds. The first-order valence-electron chi connectivity index (χ1n) is 8.78. The van der Waals surface area contributed by atoms with E-state index < -0.39 is 12.6 Å². The molecule has 0 saturated heterocycles. The summed E-state index contributed by atoms with van der Waals surface area (Å²) in [6.45, 7) is 2.06. The number of nitrogens with one attached hydrogen (secondary N) is 1. The molecule has 7 heteroatoms. The first kappa shape index (κ1) is 21.1. The number of amides is 1. The average Bonchev–Trinajstić information content (AvgIpc) is 2.75. The number of ether oxygens (including phenoxy) is 4. The Morgan fingerprint density at radius 3 is 2.14 bits per heavy atom. The predicted octanol–water partition coefficient (Wildman–Crippen LogP) is 2.79. The van der Waals surface area contributed by atoms with Crippen LogP contribution in [0.1, 0.15) is 28.8 Å². The van der Waals surface area contributed by atoms with Gasteiger partial charge < -0.3 is 24.3 Å². The third-order valence-corrected chi connectivity index (χ3v) is 4.23. The van der Waals surface area contributed by atoms with Gasteiger partial charge in [-0.1, -0.05) is 37.3 Å². The van der Waals surface area contributed by atoms with Crippen molar-refractivity contribution in [2.45, 2.75) is 12.8 Å². The van der Waals surface area contributed by atoms with E-state index in [0.717, 1.165) is 5.56 Å². The molecule has 0 aliphatic rings. The van der Waals surface area contributed by atoms with Crippen molar-refractivity contribution in [1.29, 1.82) is 0 Å².